The average Bonchev–Trinajstić information content (AvgIpc) is 2.12. The van der Waals surface area contributed by atoms with Gasteiger partial charge in [-0.05, 0) is 13.5 Å². The highest BCUT2D eigenvalue weighted by Gasteiger charge is 2.36. The first-order valence-electron chi connectivity index (χ1n) is 4.44. The van der Waals surface area contributed by atoms with Crippen molar-refractivity contribution in [2.24, 2.45) is 0 Å². The number of ether oxygens (including phenoxy) is 1. The van der Waals surface area contributed by atoms with Crippen LogP contribution in [-0.2, 0) is 15.5 Å². The van der Waals surface area contributed by atoms with Crippen LogP contribution < -0.4 is 0 Å². The minimum atomic E-state index is -0.644. The standard InChI is InChI=1S/C8H15NO2S/c1-9-3-5-12(10)8-6-11-4-2-7(8)9/h7-8H,2-6H2,1H3. The van der Waals surface area contributed by atoms with Gasteiger partial charge in [-0.25, -0.2) is 0 Å². The number of hydrogen-bond acceptors (Lipinski definition) is 3. The van der Waals surface area contributed by atoms with Crippen molar-refractivity contribution in [3.05, 3.63) is 0 Å². The van der Waals surface area contributed by atoms with Crippen molar-refractivity contribution < 1.29 is 8.95 Å². The van der Waals surface area contributed by atoms with E-state index in [1.807, 2.05) is 0 Å². The molecule has 0 aromatic rings. The number of rotatable bonds is 0. The van der Waals surface area contributed by atoms with Gasteiger partial charge in [-0.15, -0.1) is 0 Å². The summed E-state index contributed by atoms with van der Waals surface area (Å²) >= 11 is 0. The van der Waals surface area contributed by atoms with Gasteiger partial charge < -0.3 is 9.64 Å². The first kappa shape index (κ1) is 8.66. The molecule has 3 unspecified atom stereocenters. The molecule has 0 amide bonds. The second-order valence-corrected chi connectivity index (χ2v) is 5.31. The second-order valence-electron chi connectivity index (χ2n) is 3.53. The molecule has 2 saturated heterocycles. The molecule has 12 heavy (non-hydrogen) atoms. The van der Waals surface area contributed by atoms with Crippen molar-refractivity contribution in [1.29, 1.82) is 0 Å². The molecular weight excluding hydrogens is 174 g/mol. The molecule has 0 spiro atoms. The molecule has 3 atom stereocenters. The zero-order valence-corrected chi connectivity index (χ0v) is 8.18. The Balaban J connectivity index is 2.11. The Hall–Kier alpha value is 0.0700. The molecule has 3 nitrogen and oxygen atoms in total. The van der Waals surface area contributed by atoms with Gasteiger partial charge in [0.15, 0.2) is 0 Å². The summed E-state index contributed by atoms with van der Waals surface area (Å²) in [5, 5.41) is 0.275. The summed E-state index contributed by atoms with van der Waals surface area (Å²) in [7, 11) is 1.48. The lowest BCUT2D eigenvalue weighted by atomic mass is 10.1. The van der Waals surface area contributed by atoms with Gasteiger partial charge in [0.2, 0.25) is 0 Å². The molecule has 4 heteroatoms. The maximum Gasteiger partial charge on any atom is 0.0738 e. The fraction of sp³-hybridized carbons (Fsp3) is 1.00. The maximum atomic E-state index is 11.6. The largest absolute Gasteiger partial charge is 0.380 e. The van der Waals surface area contributed by atoms with E-state index in [4.69, 9.17) is 4.74 Å². The Morgan fingerprint density at radius 1 is 1.58 bits per heavy atom. The van der Waals surface area contributed by atoms with E-state index >= 15 is 0 Å². The van der Waals surface area contributed by atoms with E-state index in [1.54, 1.807) is 0 Å². The third-order valence-electron chi connectivity index (χ3n) is 2.82. The van der Waals surface area contributed by atoms with Crippen LogP contribution in [0.1, 0.15) is 6.42 Å². The third kappa shape index (κ3) is 1.43. The van der Waals surface area contributed by atoms with E-state index in [9.17, 15) is 4.21 Å². The van der Waals surface area contributed by atoms with Gasteiger partial charge in [-0.1, -0.05) is 0 Å². The Morgan fingerprint density at radius 2 is 2.42 bits per heavy atom. The smallest absolute Gasteiger partial charge is 0.0738 e. The normalized spacial score (nSPS) is 43.9. The average molecular weight is 189 g/mol. The molecule has 0 N–H and O–H groups in total. The van der Waals surface area contributed by atoms with Crippen LogP contribution in [0.4, 0.5) is 0 Å². The summed E-state index contributed by atoms with van der Waals surface area (Å²) < 4.78 is 16.9. The fourth-order valence-corrected chi connectivity index (χ4v) is 3.72. The highest BCUT2D eigenvalue weighted by Crippen LogP contribution is 2.22. The van der Waals surface area contributed by atoms with Crippen molar-refractivity contribution in [2.45, 2.75) is 17.7 Å². The molecule has 0 aromatic carbocycles. The lowest BCUT2D eigenvalue weighted by Gasteiger charge is -2.41. The highest BCUT2D eigenvalue weighted by molar-refractivity contribution is 7.85. The van der Waals surface area contributed by atoms with Crippen LogP contribution in [0.2, 0.25) is 0 Å². The Labute approximate surface area is 75.5 Å². The summed E-state index contributed by atoms with van der Waals surface area (Å²) in [5.74, 6) is 0.820. The zero-order valence-electron chi connectivity index (χ0n) is 7.36. The lowest BCUT2D eigenvalue weighted by Crippen LogP contribution is -2.55. The third-order valence-corrected chi connectivity index (χ3v) is 4.53. The SMILES string of the molecule is CN1CCS(=O)C2COCCC21. The quantitative estimate of drug-likeness (QED) is 0.530. The summed E-state index contributed by atoms with van der Waals surface area (Å²) in [6.07, 6.45) is 1.05. The summed E-state index contributed by atoms with van der Waals surface area (Å²) in [4.78, 5) is 2.33. The molecule has 2 rings (SSSR count). The first-order valence-corrected chi connectivity index (χ1v) is 5.82. The van der Waals surface area contributed by atoms with E-state index in [0.29, 0.717) is 12.6 Å². The molecule has 0 saturated carbocycles. The topological polar surface area (TPSA) is 29.5 Å². The lowest BCUT2D eigenvalue weighted by molar-refractivity contribution is 0.0454. The summed E-state index contributed by atoms with van der Waals surface area (Å²) in [6.45, 7) is 2.51. The zero-order chi connectivity index (χ0) is 8.55. The van der Waals surface area contributed by atoms with Crippen LogP contribution in [-0.4, -0.2) is 53.0 Å². The monoisotopic (exact) mass is 189 g/mol. The van der Waals surface area contributed by atoms with Crippen molar-refractivity contribution in [2.75, 3.05) is 32.6 Å². The molecule has 0 aliphatic carbocycles. The Bertz CT molecular complexity index is 197. The molecule has 2 heterocycles. The molecule has 70 valence electrons. The van der Waals surface area contributed by atoms with Gasteiger partial charge >= 0.3 is 0 Å². The van der Waals surface area contributed by atoms with Crippen LogP contribution in [0.3, 0.4) is 0 Å². The van der Waals surface area contributed by atoms with Gasteiger partial charge in [-0.3, -0.25) is 4.21 Å². The molecule has 2 aliphatic heterocycles. The van der Waals surface area contributed by atoms with E-state index in [-0.39, 0.29) is 5.25 Å². The maximum absolute atomic E-state index is 11.6. The fourth-order valence-electron chi connectivity index (χ4n) is 2.01. The van der Waals surface area contributed by atoms with Crippen LogP contribution >= 0.6 is 0 Å². The molecule has 0 bridgehead atoms. The number of nitrogens with zero attached hydrogens (tertiary/aromatic N) is 1. The number of fused-ring (bicyclic) bond motifs is 1. The van der Waals surface area contributed by atoms with Crippen LogP contribution in [0, 0.1) is 0 Å². The molecule has 2 fully saturated rings. The molecule has 0 aromatic heterocycles. The summed E-state index contributed by atoms with van der Waals surface area (Å²) in [5.41, 5.74) is 0. The molecule has 0 radical (unpaired) electrons. The van der Waals surface area contributed by atoms with Crippen molar-refractivity contribution in [1.82, 2.24) is 4.90 Å². The van der Waals surface area contributed by atoms with Crippen molar-refractivity contribution in [3.8, 4) is 0 Å². The van der Waals surface area contributed by atoms with E-state index in [0.717, 1.165) is 25.3 Å². The van der Waals surface area contributed by atoms with E-state index < -0.39 is 10.8 Å². The van der Waals surface area contributed by atoms with Gasteiger partial charge in [-0.2, -0.15) is 0 Å². The first-order chi connectivity index (χ1) is 5.79. The molecular formula is C8H15NO2S. The predicted octanol–water partition coefficient (Wildman–Crippen LogP) is -0.162. The van der Waals surface area contributed by atoms with Crippen molar-refractivity contribution in [3.63, 3.8) is 0 Å². The predicted molar refractivity (Wildman–Crippen MR) is 48.7 cm³/mol. The van der Waals surface area contributed by atoms with Gasteiger partial charge in [0.1, 0.15) is 0 Å². The van der Waals surface area contributed by atoms with Crippen LogP contribution in [0.15, 0.2) is 0 Å². The van der Waals surface area contributed by atoms with Gasteiger partial charge in [0.05, 0.1) is 11.9 Å². The number of hydrogen-bond donors (Lipinski definition) is 0. The van der Waals surface area contributed by atoms with E-state index in [2.05, 4.69) is 11.9 Å². The minimum absolute atomic E-state index is 0.275. The highest BCUT2D eigenvalue weighted by atomic mass is 32.2. The Kier molecular flexibility index (Phi) is 2.48. The Morgan fingerprint density at radius 3 is 3.17 bits per heavy atom. The van der Waals surface area contributed by atoms with Crippen LogP contribution in [0.25, 0.3) is 0 Å². The van der Waals surface area contributed by atoms with Gasteiger partial charge in [0, 0.05) is 35.7 Å². The van der Waals surface area contributed by atoms with Crippen molar-refractivity contribution >= 4 is 10.8 Å². The summed E-state index contributed by atoms with van der Waals surface area (Å²) in [6, 6.07) is 0.508. The van der Waals surface area contributed by atoms with E-state index in [1.165, 1.54) is 0 Å². The van der Waals surface area contributed by atoms with Crippen LogP contribution in [0.5, 0.6) is 0 Å². The van der Waals surface area contributed by atoms with Gasteiger partial charge in [0.25, 0.3) is 0 Å². The molecule has 2 aliphatic rings. The minimum Gasteiger partial charge on any atom is -0.380 e. The second kappa shape index (κ2) is 3.44.